The Bertz CT molecular complexity index is 1650. The van der Waals surface area contributed by atoms with Crippen molar-refractivity contribution in [3.8, 4) is 11.3 Å². The van der Waals surface area contributed by atoms with Crippen molar-refractivity contribution < 1.29 is 14.4 Å². The SMILES string of the molecule is CC(C)(C)CC(=O)C[C@H](C(=O)N1CCC[C@H]1C(=O)Nc1ccc2c(c1)CCc1c-2[nH]c2ccccc12)c1ccccc1. The fraction of sp³-hybridized carbons (Fsp3) is 0.361. The number of nitrogens with zero attached hydrogens (tertiary/aromatic N) is 1. The Hall–Kier alpha value is -4.19. The van der Waals surface area contributed by atoms with Crippen molar-refractivity contribution in [2.24, 2.45) is 5.41 Å². The minimum atomic E-state index is -0.594. The lowest BCUT2D eigenvalue weighted by Crippen LogP contribution is -2.45. The Morgan fingerprint density at radius 2 is 1.74 bits per heavy atom. The van der Waals surface area contributed by atoms with E-state index in [1.54, 1.807) is 4.90 Å². The van der Waals surface area contributed by atoms with E-state index in [4.69, 9.17) is 0 Å². The van der Waals surface area contributed by atoms with E-state index < -0.39 is 12.0 Å². The Kier molecular flexibility index (Phi) is 7.48. The summed E-state index contributed by atoms with van der Waals surface area (Å²) in [7, 11) is 0. The molecule has 6 rings (SSSR count). The van der Waals surface area contributed by atoms with Gasteiger partial charge in [-0.2, -0.15) is 0 Å². The molecule has 0 bridgehead atoms. The molecule has 0 spiro atoms. The number of likely N-dealkylation sites (tertiary alicyclic amines) is 1. The highest BCUT2D eigenvalue weighted by atomic mass is 16.2. The molecule has 2 heterocycles. The van der Waals surface area contributed by atoms with Crippen molar-refractivity contribution in [3.63, 3.8) is 0 Å². The Balaban J connectivity index is 1.20. The molecule has 1 fully saturated rings. The van der Waals surface area contributed by atoms with E-state index in [0.717, 1.165) is 41.7 Å². The quantitative estimate of drug-likeness (QED) is 0.254. The number of aromatic nitrogens is 1. The number of aromatic amines is 1. The van der Waals surface area contributed by atoms with Crippen LogP contribution in [-0.2, 0) is 27.2 Å². The fourth-order valence-electron chi connectivity index (χ4n) is 6.72. The molecule has 4 aromatic rings. The van der Waals surface area contributed by atoms with Gasteiger partial charge in [0.1, 0.15) is 11.8 Å². The van der Waals surface area contributed by atoms with E-state index in [9.17, 15) is 14.4 Å². The highest BCUT2D eigenvalue weighted by Gasteiger charge is 2.38. The van der Waals surface area contributed by atoms with Crippen LogP contribution in [0.5, 0.6) is 0 Å². The molecule has 0 unspecified atom stereocenters. The third-order valence-electron chi connectivity index (χ3n) is 8.60. The van der Waals surface area contributed by atoms with Gasteiger partial charge in [-0.25, -0.2) is 0 Å². The summed E-state index contributed by atoms with van der Waals surface area (Å²) >= 11 is 0. The van der Waals surface area contributed by atoms with Gasteiger partial charge in [0, 0.05) is 47.2 Å². The zero-order chi connectivity index (χ0) is 29.4. The highest BCUT2D eigenvalue weighted by molar-refractivity contribution is 6.00. The second-order valence-electron chi connectivity index (χ2n) is 13.0. The van der Waals surface area contributed by atoms with Crippen LogP contribution in [0.3, 0.4) is 0 Å². The second kappa shape index (κ2) is 11.2. The van der Waals surface area contributed by atoms with Gasteiger partial charge >= 0.3 is 0 Å². The average molecular weight is 562 g/mol. The summed E-state index contributed by atoms with van der Waals surface area (Å²) in [6, 6.07) is 23.5. The fourth-order valence-corrected chi connectivity index (χ4v) is 6.72. The first kappa shape index (κ1) is 28.0. The van der Waals surface area contributed by atoms with E-state index in [2.05, 4.69) is 40.6 Å². The molecule has 3 aromatic carbocycles. The van der Waals surface area contributed by atoms with Crippen molar-refractivity contribution >= 4 is 34.2 Å². The number of carbonyl (C=O) groups excluding carboxylic acids is 3. The first-order chi connectivity index (χ1) is 20.2. The molecule has 6 nitrogen and oxygen atoms in total. The standard InChI is InChI=1S/C36H39N3O3/c1-36(2,3)22-26(40)21-30(23-10-5-4-6-11-23)35(42)39-19-9-14-32(39)34(41)37-25-16-18-27-24(20-25)15-17-29-28-12-7-8-13-31(28)38-33(27)29/h4-8,10-13,16,18,20,30,32,38H,9,14-15,17,19,21-22H2,1-3H3,(H,37,41)/t30-,32-/m0/s1. The number of rotatable bonds is 7. The maximum absolute atomic E-state index is 14.0. The molecule has 1 saturated heterocycles. The summed E-state index contributed by atoms with van der Waals surface area (Å²) in [4.78, 5) is 45.9. The molecule has 6 heteroatoms. The molecule has 1 aliphatic carbocycles. The minimum Gasteiger partial charge on any atom is -0.354 e. The predicted molar refractivity (Wildman–Crippen MR) is 167 cm³/mol. The summed E-state index contributed by atoms with van der Waals surface area (Å²) in [5.74, 6) is -0.839. The number of amides is 2. The molecule has 1 aromatic heterocycles. The summed E-state index contributed by atoms with van der Waals surface area (Å²) < 4.78 is 0. The lowest BCUT2D eigenvalue weighted by molar-refractivity contribution is -0.139. The van der Waals surface area contributed by atoms with Crippen molar-refractivity contribution in [1.29, 1.82) is 0 Å². The third kappa shape index (κ3) is 5.63. The predicted octanol–water partition coefficient (Wildman–Crippen LogP) is 7.04. The van der Waals surface area contributed by atoms with E-state index in [0.29, 0.717) is 19.4 Å². The number of hydrogen-bond donors (Lipinski definition) is 2. The normalized spacial score (nSPS) is 17.0. The van der Waals surface area contributed by atoms with Gasteiger partial charge in [0.15, 0.2) is 0 Å². The molecule has 2 atom stereocenters. The van der Waals surface area contributed by atoms with Gasteiger partial charge in [0.2, 0.25) is 11.8 Å². The number of aryl methyl sites for hydroxylation is 2. The van der Waals surface area contributed by atoms with Gasteiger partial charge in [0.05, 0.1) is 5.92 Å². The van der Waals surface area contributed by atoms with Crippen LogP contribution in [0.15, 0.2) is 72.8 Å². The number of fused-ring (bicyclic) bond motifs is 5. The number of carbonyl (C=O) groups is 3. The van der Waals surface area contributed by atoms with Crippen molar-refractivity contribution in [2.75, 3.05) is 11.9 Å². The van der Waals surface area contributed by atoms with Gasteiger partial charge in [-0.15, -0.1) is 0 Å². The summed E-state index contributed by atoms with van der Waals surface area (Å²) in [6.45, 7) is 6.61. The molecular formula is C36H39N3O3. The Labute approximate surface area is 247 Å². The Morgan fingerprint density at radius 3 is 2.52 bits per heavy atom. The summed E-state index contributed by atoms with van der Waals surface area (Å²) in [6.07, 6.45) is 3.77. The van der Waals surface area contributed by atoms with Crippen LogP contribution in [-0.4, -0.2) is 40.1 Å². The van der Waals surface area contributed by atoms with Gasteiger partial charge in [0.25, 0.3) is 0 Å². The molecular weight excluding hydrogens is 522 g/mol. The molecule has 216 valence electrons. The lowest BCUT2D eigenvalue weighted by atomic mass is 9.84. The largest absolute Gasteiger partial charge is 0.354 e. The van der Waals surface area contributed by atoms with Crippen LogP contribution in [0.25, 0.3) is 22.2 Å². The van der Waals surface area contributed by atoms with Gasteiger partial charge < -0.3 is 15.2 Å². The lowest BCUT2D eigenvalue weighted by Gasteiger charge is -2.29. The van der Waals surface area contributed by atoms with Crippen molar-refractivity contribution in [2.45, 2.75) is 71.3 Å². The topological polar surface area (TPSA) is 82.3 Å². The Morgan fingerprint density at radius 1 is 0.976 bits per heavy atom. The number of anilines is 1. The molecule has 2 aliphatic rings. The molecule has 42 heavy (non-hydrogen) atoms. The maximum Gasteiger partial charge on any atom is 0.247 e. The van der Waals surface area contributed by atoms with Crippen molar-refractivity contribution in [1.82, 2.24) is 9.88 Å². The van der Waals surface area contributed by atoms with Gasteiger partial charge in [-0.3, -0.25) is 14.4 Å². The zero-order valence-electron chi connectivity index (χ0n) is 24.7. The van der Waals surface area contributed by atoms with E-state index >= 15 is 0 Å². The highest BCUT2D eigenvalue weighted by Crippen LogP contribution is 2.38. The van der Waals surface area contributed by atoms with Crippen LogP contribution in [0.1, 0.15) is 69.1 Å². The number of para-hydroxylation sites is 1. The number of Topliss-reactive ketones (excluding diaryl/α,β-unsaturated/α-hetero) is 1. The van der Waals surface area contributed by atoms with E-state index in [1.807, 2.05) is 63.2 Å². The van der Waals surface area contributed by atoms with Crippen LogP contribution in [0, 0.1) is 5.41 Å². The number of hydrogen-bond acceptors (Lipinski definition) is 3. The third-order valence-corrected chi connectivity index (χ3v) is 8.60. The molecule has 2 amide bonds. The molecule has 2 N–H and O–H groups in total. The zero-order valence-corrected chi connectivity index (χ0v) is 24.7. The average Bonchev–Trinajstić information content (AvgIpc) is 3.60. The first-order valence-electron chi connectivity index (χ1n) is 15.1. The smallest absolute Gasteiger partial charge is 0.247 e. The number of benzene rings is 3. The van der Waals surface area contributed by atoms with Gasteiger partial charge in [-0.05, 0) is 66.0 Å². The van der Waals surface area contributed by atoms with Crippen molar-refractivity contribution in [3.05, 3.63) is 89.5 Å². The molecule has 1 aliphatic heterocycles. The van der Waals surface area contributed by atoms with Crippen LogP contribution in [0.2, 0.25) is 0 Å². The first-order valence-corrected chi connectivity index (χ1v) is 15.1. The number of H-pyrrole nitrogens is 1. The van der Waals surface area contributed by atoms with Crippen LogP contribution >= 0.6 is 0 Å². The number of nitrogens with one attached hydrogen (secondary N) is 2. The van der Waals surface area contributed by atoms with Crippen LogP contribution in [0.4, 0.5) is 5.69 Å². The number of ketones is 1. The second-order valence-corrected chi connectivity index (χ2v) is 13.0. The molecule has 0 radical (unpaired) electrons. The van der Waals surface area contributed by atoms with Crippen LogP contribution < -0.4 is 5.32 Å². The van der Waals surface area contributed by atoms with Gasteiger partial charge in [-0.1, -0.05) is 75.4 Å². The molecule has 0 saturated carbocycles. The summed E-state index contributed by atoms with van der Waals surface area (Å²) in [5, 5.41) is 4.38. The minimum absolute atomic E-state index is 0.0667. The van der Waals surface area contributed by atoms with E-state index in [-0.39, 0.29) is 29.4 Å². The maximum atomic E-state index is 14.0. The monoisotopic (exact) mass is 561 g/mol. The van der Waals surface area contributed by atoms with E-state index in [1.165, 1.54) is 22.1 Å². The summed E-state index contributed by atoms with van der Waals surface area (Å²) in [5.41, 5.74) is 7.45.